The zero-order valence-corrected chi connectivity index (χ0v) is 9.48. The Balaban J connectivity index is 3.11. The van der Waals surface area contributed by atoms with Crippen LogP contribution in [-0.4, -0.2) is 19.7 Å². The van der Waals surface area contributed by atoms with E-state index in [-0.39, 0.29) is 0 Å². The van der Waals surface area contributed by atoms with E-state index in [1.165, 1.54) is 6.20 Å². The summed E-state index contributed by atoms with van der Waals surface area (Å²) in [6, 6.07) is 1.55. The lowest BCUT2D eigenvalue weighted by atomic mass is 10.2. The highest BCUT2D eigenvalue weighted by molar-refractivity contribution is 7.92. The first-order chi connectivity index (χ1) is 6.42. The van der Waals surface area contributed by atoms with Crippen molar-refractivity contribution >= 4 is 27.3 Å². The fourth-order valence-electron chi connectivity index (χ4n) is 1.04. The summed E-state index contributed by atoms with van der Waals surface area (Å²) >= 11 is 5.71. The third-order valence-corrected chi connectivity index (χ3v) is 2.36. The zero-order chi connectivity index (χ0) is 10.8. The van der Waals surface area contributed by atoms with Crippen molar-refractivity contribution in [1.29, 1.82) is 0 Å². The Morgan fingerprint density at radius 3 is 2.71 bits per heavy atom. The predicted molar refractivity (Wildman–Crippen MR) is 57.1 cm³/mol. The van der Waals surface area contributed by atoms with E-state index >= 15 is 0 Å². The van der Waals surface area contributed by atoms with Crippen molar-refractivity contribution < 1.29 is 8.42 Å². The van der Waals surface area contributed by atoms with E-state index in [1.54, 1.807) is 6.07 Å². The summed E-state index contributed by atoms with van der Waals surface area (Å²) in [6.45, 7) is 1.89. The largest absolute Gasteiger partial charge is 0.282 e. The van der Waals surface area contributed by atoms with Crippen LogP contribution in [0, 0.1) is 0 Å². The number of anilines is 1. The van der Waals surface area contributed by atoms with Crippen LogP contribution in [0.5, 0.6) is 0 Å². The second kappa shape index (κ2) is 4.14. The summed E-state index contributed by atoms with van der Waals surface area (Å²) in [5.74, 6) is 0. The van der Waals surface area contributed by atoms with E-state index in [0.717, 1.165) is 6.26 Å². The normalized spacial score (nSPS) is 11.4. The summed E-state index contributed by atoms with van der Waals surface area (Å²) in [4.78, 5) is 4.02. The monoisotopic (exact) mass is 234 g/mol. The Morgan fingerprint density at radius 2 is 2.21 bits per heavy atom. The smallest absolute Gasteiger partial charge is 0.229 e. The molecule has 1 rings (SSSR count). The third-order valence-electron chi connectivity index (χ3n) is 1.57. The van der Waals surface area contributed by atoms with Crippen molar-refractivity contribution in [3.8, 4) is 0 Å². The van der Waals surface area contributed by atoms with Gasteiger partial charge < -0.3 is 0 Å². The molecule has 1 N–H and O–H groups in total. The molecule has 0 saturated carbocycles. The van der Waals surface area contributed by atoms with E-state index < -0.39 is 10.0 Å². The molecule has 1 aromatic heterocycles. The van der Waals surface area contributed by atoms with Gasteiger partial charge in [-0.15, -0.1) is 0 Å². The Morgan fingerprint density at radius 1 is 1.57 bits per heavy atom. The molecule has 0 aromatic carbocycles. The van der Waals surface area contributed by atoms with E-state index in [2.05, 4.69) is 9.71 Å². The second-order valence-electron chi connectivity index (χ2n) is 2.88. The molecule has 1 heterocycles. The standard InChI is InChI=1S/C8H11ClN2O2S/c1-3-7-8(11-14(2,12)13)4-6(9)5-10-7/h4-5,11H,3H2,1-2H3. The molecule has 0 aliphatic heterocycles. The van der Waals surface area contributed by atoms with Crippen LogP contribution in [0.15, 0.2) is 12.3 Å². The molecule has 0 radical (unpaired) electrons. The summed E-state index contributed by atoms with van der Waals surface area (Å²) in [6.07, 6.45) is 3.23. The SMILES string of the molecule is CCc1ncc(Cl)cc1NS(C)(=O)=O. The van der Waals surface area contributed by atoms with Gasteiger partial charge >= 0.3 is 0 Å². The number of pyridine rings is 1. The number of hydrogen-bond donors (Lipinski definition) is 1. The maximum absolute atomic E-state index is 11.0. The first-order valence-electron chi connectivity index (χ1n) is 4.04. The molecule has 0 bridgehead atoms. The number of halogens is 1. The van der Waals surface area contributed by atoms with Crippen LogP contribution in [0.4, 0.5) is 5.69 Å². The minimum Gasteiger partial charge on any atom is -0.282 e. The molecule has 0 saturated heterocycles. The van der Waals surface area contributed by atoms with Gasteiger partial charge in [0.15, 0.2) is 0 Å². The summed E-state index contributed by atoms with van der Waals surface area (Å²) < 4.78 is 24.4. The third kappa shape index (κ3) is 3.16. The molecule has 6 heteroatoms. The number of aryl methyl sites for hydroxylation is 1. The number of sulfonamides is 1. The molecule has 78 valence electrons. The lowest BCUT2D eigenvalue weighted by Gasteiger charge is -2.08. The van der Waals surface area contributed by atoms with Gasteiger partial charge in [0.2, 0.25) is 10.0 Å². The molecule has 4 nitrogen and oxygen atoms in total. The van der Waals surface area contributed by atoms with Crippen LogP contribution in [0.25, 0.3) is 0 Å². The lowest BCUT2D eigenvalue weighted by Crippen LogP contribution is -2.11. The van der Waals surface area contributed by atoms with E-state index in [9.17, 15) is 8.42 Å². The molecule has 0 unspecified atom stereocenters. The van der Waals surface area contributed by atoms with Crippen LogP contribution in [0.2, 0.25) is 5.02 Å². The Bertz CT molecular complexity index is 431. The molecule has 0 fully saturated rings. The first kappa shape index (κ1) is 11.3. The van der Waals surface area contributed by atoms with Crippen LogP contribution in [0.1, 0.15) is 12.6 Å². The van der Waals surface area contributed by atoms with Crippen LogP contribution < -0.4 is 4.72 Å². The van der Waals surface area contributed by atoms with E-state index in [4.69, 9.17) is 11.6 Å². The van der Waals surface area contributed by atoms with Crippen molar-refractivity contribution in [2.75, 3.05) is 11.0 Å². The van der Waals surface area contributed by atoms with Gasteiger partial charge in [0.25, 0.3) is 0 Å². The van der Waals surface area contributed by atoms with Crippen molar-refractivity contribution in [1.82, 2.24) is 4.98 Å². The topological polar surface area (TPSA) is 59.1 Å². The molecule has 0 atom stereocenters. The highest BCUT2D eigenvalue weighted by Crippen LogP contribution is 2.19. The lowest BCUT2D eigenvalue weighted by molar-refractivity contribution is 0.606. The van der Waals surface area contributed by atoms with Gasteiger partial charge in [-0.1, -0.05) is 18.5 Å². The van der Waals surface area contributed by atoms with E-state index in [0.29, 0.717) is 22.8 Å². The maximum Gasteiger partial charge on any atom is 0.229 e. The average molecular weight is 235 g/mol. The number of rotatable bonds is 3. The number of aromatic nitrogens is 1. The van der Waals surface area contributed by atoms with Gasteiger partial charge in [-0.2, -0.15) is 0 Å². The van der Waals surface area contributed by atoms with Gasteiger partial charge in [-0.05, 0) is 12.5 Å². The van der Waals surface area contributed by atoms with Gasteiger partial charge in [0.05, 0.1) is 22.7 Å². The van der Waals surface area contributed by atoms with Crippen molar-refractivity contribution in [3.63, 3.8) is 0 Å². The molecular weight excluding hydrogens is 224 g/mol. The van der Waals surface area contributed by atoms with Crippen LogP contribution >= 0.6 is 11.6 Å². The first-order valence-corrected chi connectivity index (χ1v) is 6.31. The van der Waals surface area contributed by atoms with Crippen molar-refractivity contribution in [2.45, 2.75) is 13.3 Å². The van der Waals surface area contributed by atoms with Crippen LogP contribution in [0.3, 0.4) is 0 Å². The molecule has 0 spiro atoms. The van der Waals surface area contributed by atoms with E-state index in [1.807, 2.05) is 6.92 Å². The molecule has 14 heavy (non-hydrogen) atoms. The van der Waals surface area contributed by atoms with Gasteiger partial charge in [0, 0.05) is 6.20 Å². The second-order valence-corrected chi connectivity index (χ2v) is 5.06. The minimum absolute atomic E-state index is 0.411. The highest BCUT2D eigenvalue weighted by Gasteiger charge is 2.07. The number of nitrogens with one attached hydrogen (secondary N) is 1. The van der Waals surface area contributed by atoms with Crippen LogP contribution in [-0.2, 0) is 16.4 Å². The molecule has 0 aliphatic rings. The Hall–Kier alpha value is -0.810. The van der Waals surface area contributed by atoms with Gasteiger partial charge in [-0.3, -0.25) is 9.71 Å². The summed E-state index contributed by atoms with van der Waals surface area (Å²) in [5.41, 5.74) is 1.13. The zero-order valence-electron chi connectivity index (χ0n) is 7.91. The van der Waals surface area contributed by atoms with Crippen molar-refractivity contribution in [2.24, 2.45) is 0 Å². The fourth-order valence-corrected chi connectivity index (χ4v) is 1.77. The summed E-state index contributed by atoms with van der Waals surface area (Å²) in [5, 5.41) is 0.411. The minimum atomic E-state index is -3.28. The van der Waals surface area contributed by atoms with Gasteiger partial charge in [-0.25, -0.2) is 8.42 Å². The predicted octanol–water partition coefficient (Wildman–Crippen LogP) is 1.67. The van der Waals surface area contributed by atoms with Crippen molar-refractivity contribution in [3.05, 3.63) is 23.0 Å². The number of nitrogens with zero attached hydrogens (tertiary/aromatic N) is 1. The Kier molecular flexibility index (Phi) is 3.34. The maximum atomic E-state index is 11.0. The summed E-state index contributed by atoms with van der Waals surface area (Å²) in [7, 11) is -3.28. The highest BCUT2D eigenvalue weighted by atomic mass is 35.5. The quantitative estimate of drug-likeness (QED) is 0.866. The molecule has 0 amide bonds. The molecule has 1 aromatic rings. The van der Waals surface area contributed by atoms with Gasteiger partial charge in [0.1, 0.15) is 0 Å². The number of hydrogen-bond acceptors (Lipinski definition) is 3. The Labute approximate surface area is 88.4 Å². The molecule has 0 aliphatic carbocycles. The fraction of sp³-hybridized carbons (Fsp3) is 0.375. The average Bonchev–Trinajstić information content (AvgIpc) is 2.01. The molecular formula is C8H11ClN2O2S.